The first-order valence-electron chi connectivity index (χ1n) is 8.35. The number of nitrogens with zero attached hydrogens (tertiary/aromatic N) is 1. The van der Waals surface area contributed by atoms with Gasteiger partial charge >= 0.3 is 0 Å². The molecular weight excluding hydrogens is 332 g/mol. The van der Waals surface area contributed by atoms with Gasteiger partial charge < -0.3 is 4.90 Å². The fourth-order valence-electron chi connectivity index (χ4n) is 2.97. The molecule has 0 heterocycles. The van der Waals surface area contributed by atoms with Crippen LogP contribution in [0.15, 0.2) is 78.9 Å². The molecule has 1 unspecified atom stereocenters. The van der Waals surface area contributed by atoms with E-state index in [-0.39, 0.29) is 30.0 Å². The summed E-state index contributed by atoms with van der Waals surface area (Å²) in [7, 11) is 1.73. The Balaban J connectivity index is 1.89. The van der Waals surface area contributed by atoms with Crippen LogP contribution in [0.4, 0.5) is 8.78 Å². The number of hydrogen-bond acceptors (Lipinski definition) is 1. The van der Waals surface area contributed by atoms with Gasteiger partial charge in [-0.3, -0.25) is 4.79 Å². The number of benzene rings is 3. The van der Waals surface area contributed by atoms with E-state index in [2.05, 4.69) is 0 Å². The summed E-state index contributed by atoms with van der Waals surface area (Å²) < 4.78 is 26.4. The molecule has 0 aliphatic rings. The summed E-state index contributed by atoms with van der Waals surface area (Å²) in [5.74, 6) is -0.751. The van der Waals surface area contributed by atoms with Crippen molar-refractivity contribution in [1.29, 1.82) is 0 Å². The SMILES string of the molecule is CN(C(=O)Cc1ccc(F)cc1)C(c1ccccc1)c1ccc(F)cc1. The third-order valence-corrected chi connectivity index (χ3v) is 4.35. The number of halogens is 2. The molecule has 2 nitrogen and oxygen atoms in total. The first-order chi connectivity index (χ1) is 12.5. The lowest BCUT2D eigenvalue weighted by Gasteiger charge is -2.29. The number of rotatable bonds is 5. The molecule has 1 amide bonds. The van der Waals surface area contributed by atoms with Gasteiger partial charge in [0.1, 0.15) is 11.6 Å². The monoisotopic (exact) mass is 351 g/mol. The van der Waals surface area contributed by atoms with Gasteiger partial charge in [0, 0.05) is 7.05 Å². The molecule has 0 spiro atoms. The number of likely N-dealkylation sites (N-methyl/N-ethyl adjacent to an activating group) is 1. The Morgan fingerprint density at radius 3 is 1.88 bits per heavy atom. The molecule has 0 aliphatic carbocycles. The molecule has 3 aromatic rings. The van der Waals surface area contributed by atoms with Crippen molar-refractivity contribution in [2.45, 2.75) is 12.5 Å². The van der Waals surface area contributed by atoms with E-state index >= 15 is 0 Å². The zero-order valence-corrected chi connectivity index (χ0v) is 14.4. The minimum atomic E-state index is -0.331. The van der Waals surface area contributed by atoms with E-state index in [1.54, 1.807) is 36.2 Å². The average molecular weight is 351 g/mol. The van der Waals surface area contributed by atoms with E-state index in [0.717, 1.165) is 16.7 Å². The average Bonchev–Trinajstić information content (AvgIpc) is 2.66. The van der Waals surface area contributed by atoms with Crippen LogP contribution in [0.3, 0.4) is 0 Å². The van der Waals surface area contributed by atoms with Crippen LogP contribution in [0.1, 0.15) is 22.7 Å². The molecule has 0 fully saturated rings. The quantitative estimate of drug-likeness (QED) is 0.649. The highest BCUT2D eigenvalue weighted by Gasteiger charge is 2.23. The molecule has 0 aromatic heterocycles. The molecule has 0 N–H and O–H groups in total. The van der Waals surface area contributed by atoms with E-state index in [0.29, 0.717) is 0 Å². The predicted octanol–water partition coefficient (Wildman–Crippen LogP) is 4.76. The summed E-state index contributed by atoms with van der Waals surface area (Å²) in [4.78, 5) is 14.5. The van der Waals surface area contributed by atoms with Gasteiger partial charge in [-0.1, -0.05) is 54.6 Å². The minimum absolute atomic E-state index is 0.102. The topological polar surface area (TPSA) is 20.3 Å². The minimum Gasteiger partial charge on any atom is -0.334 e. The zero-order valence-electron chi connectivity index (χ0n) is 14.4. The van der Waals surface area contributed by atoms with E-state index < -0.39 is 0 Å². The molecule has 26 heavy (non-hydrogen) atoms. The normalized spacial score (nSPS) is 11.8. The maximum absolute atomic E-state index is 13.3. The van der Waals surface area contributed by atoms with Crippen molar-refractivity contribution in [3.8, 4) is 0 Å². The Kier molecular flexibility index (Phi) is 5.42. The van der Waals surface area contributed by atoms with Gasteiger partial charge in [-0.2, -0.15) is 0 Å². The highest BCUT2D eigenvalue weighted by Crippen LogP contribution is 2.28. The van der Waals surface area contributed by atoms with Crippen LogP contribution in [0.2, 0.25) is 0 Å². The van der Waals surface area contributed by atoms with Crippen molar-refractivity contribution < 1.29 is 13.6 Å². The molecule has 0 saturated carbocycles. The van der Waals surface area contributed by atoms with Crippen molar-refractivity contribution in [3.63, 3.8) is 0 Å². The highest BCUT2D eigenvalue weighted by atomic mass is 19.1. The lowest BCUT2D eigenvalue weighted by atomic mass is 9.96. The fraction of sp³-hybridized carbons (Fsp3) is 0.136. The smallest absolute Gasteiger partial charge is 0.227 e. The van der Waals surface area contributed by atoms with Crippen LogP contribution in [-0.4, -0.2) is 17.9 Å². The molecule has 0 bridgehead atoms. The second kappa shape index (κ2) is 7.91. The highest BCUT2D eigenvalue weighted by molar-refractivity contribution is 5.79. The summed E-state index contributed by atoms with van der Waals surface area (Å²) in [6.07, 6.45) is 0.168. The Bertz CT molecular complexity index is 861. The van der Waals surface area contributed by atoms with Crippen LogP contribution >= 0.6 is 0 Å². The maximum Gasteiger partial charge on any atom is 0.227 e. The standard InChI is InChI=1S/C22H19F2NO/c1-25(21(26)15-16-7-11-19(23)12-8-16)22(17-5-3-2-4-6-17)18-9-13-20(24)14-10-18/h2-14,22H,15H2,1H3. The summed E-state index contributed by atoms with van der Waals surface area (Å²) >= 11 is 0. The summed E-state index contributed by atoms with van der Waals surface area (Å²) in [6.45, 7) is 0. The molecular formula is C22H19F2NO. The second-order valence-corrected chi connectivity index (χ2v) is 6.17. The maximum atomic E-state index is 13.3. The van der Waals surface area contributed by atoms with Crippen LogP contribution < -0.4 is 0 Å². The number of hydrogen-bond donors (Lipinski definition) is 0. The lowest BCUT2D eigenvalue weighted by Crippen LogP contribution is -2.33. The van der Waals surface area contributed by atoms with Crippen molar-refractivity contribution in [3.05, 3.63) is 107 Å². The number of carbonyl (C=O) groups is 1. The van der Waals surface area contributed by atoms with Crippen LogP contribution in [-0.2, 0) is 11.2 Å². The Morgan fingerprint density at radius 2 is 1.31 bits per heavy atom. The Hall–Kier alpha value is -3.01. The number of carbonyl (C=O) groups excluding carboxylic acids is 1. The van der Waals surface area contributed by atoms with Gasteiger partial charge in [0.2, 0.25) is 5.91 Å². The van der Waals surface area contributed by atoms with Crippen molar-refractivity contribution in [2.24, 2.45) is 0 Å². The third-order valence-electron chi connectivity index (χ3n) is 4.35. The molecule has 0 aliphatic heterocycles. The molecule has 3 rings (SSSR count). The first kappa shape index (κ1) is 17.8. The zero-order chi connectivity index (χ0) is 18.5. The van der Waals surface area contributed by atoms with Crippen molar-refractivity contribution in [2.75, 3.05) is 7.05 Å². The van der Waals surface area contributed by atoms with Crippen molar-refractivity contribution >= 4 is 5.91 Å². The molecule has 3 aromatic carbocycles. The molecule has 4 heteroatoms. The van der Waals surface area contributed by atoms with E-state index in [4.69, 9.17) is 0 Å². The van der Waals surface area contributed by atoms with E-state index in [9.17, 15) is 13.6 Å². The largest absolute Gasteiger partial charge is 0.334 e. The molecule has 132 valence electrons. The number of amides is 1. The Labute approximate surface area is 151 Å². The summed E-state index contributed by atoms with van der Waals surface area (Å²) in [5.41, 5.74) is 2.51. The van der Waals surface area contributed by atoms with Gasteiger partial charge in [0.25, 0.3) is 0 Å². The van der Waals surface area contributed by atoms with Crippen LogP contribution in [0, 0.1) is 11.6 Å². The van der Waals surface area contributed by atoms with Crippen molar-refractivity contribution in [1.82, 2.24) is 4.90 Å². The van der Waals surface area contributed by atoms with E-state index in [1.807, 2.05) is 30.3 Å². The molecule has 1 atom stereocenters. The lowest BCUT2D eigenvalue weighted by molar-refractivity contribution is -0.130. The van der Waals surface area contributed by atoms with Gasteiger partial charge in [-0.05, 0) is 41.0 Å². The fourth-order valence-corrected chi connectivity index (χ4v) is 2.97. The molecule has 0 saturated heterocycles. The van der Waals surface area contributed by atoms with Gasteiger partial charge in [0.05, 0.1) is 12.5 Å². The Morgan fingerprint density at radius 1 is 0.808 bits per heavy atom. The van der Waals surface area contributed by atoms with Gasteiger partial charge in [0.15, 0.2) is 0 Å². The predicted molar refractivity (Wildman–Crippen MR) is 97.6 cm³/mol. The van der Waals surface area contributed by atoms with Gasteiger partial charge in [-0.15, -0.1) is 0 Å². The summed E-state index contributed by atoms with van der Waals surface area (Å²) in [5, 5.41) is 0. The van der Waals surface area contributed by atoms with Crippen LogP contribution in [0.5, 0.6) is 0 Å². The van der Waals surface area contributed by atoms with Crippen LogP contribution in [0.25, 0.3) is 0 Å². The second-order valence-electron chi connectivity index (χ2n) is 6.17. The molecule has 0 radical (unpaired) electrons. The third kappa shape index (κ3) is 4.14. The van der Waals surface area contributed by atoms with E-state index in [1.165, 1.54) is 24.3 Å². The van der Waals surface area contributed by atoms with Gasteiger partial charge in [-0.25, -0.2) is 8.78 Å². The summed E-state index contributed by atoms with van der Waals surface area (Å²) in [6, 6.07) is 21.3. The first-order valence-corrected chi connectivity index (χ1v) is 8.35.